The summed E-state index contributed by atoms with van der Waals surface area (Å²) in [6, 6.07) is 6.05. The molecule has 0 saturated carbocycles. The van der Waals surface area contributed by atoms with E-state index in [1.54, 1.807) is 0 Å². The van der Waals surface area contributed by atoms with E-state index in [4.69, 9.17) is 11.6 Å². The fourth-order valence-electron chi connectivity index (χ4n) is 2.09. The van der Waals surface area contributed by atoms with Gasteiger partial charge in [0.1, 0.15) is 0 Å². The molecule has 0 saturated heterocycles. The number of hydrogen-bond acceptors (Lipinski definition) is 2. The predicted octanol–water partition coefficient (Wildman–Crippen LogP) is 4.99. The van der Waals surface area contributed by atoms with Crippen molar-refractivity contribution in [2.24, 2.45) is 0 Å². The summed E-state index contributed by atoms with van der Waals surface area (Å²) in [5.41, 5.74) is -3.93. The van der Waals surface area contributed by atoms with Crippen molar-refractivity contribution in [2.45, 2.75) is 12.4 Å². The summed E-state index contributed by atoms with van der Waals surface area (Å²) < 4.78 is 76.8. The van der Waals surface area contributed by atoms with E-state index in [0.29, 0.717) is 5.02 Å². The van der Waals surface area contributed by atoms with Crippen molar-refractivity contribution in [3.8, 4) is 0 Å². The highest BCUT2D eigenvalue weighted by atomic mass is 35.5. The van der Waals surface area contributed by atoms with Crippen LogP contribution in [-0.2, 0) is 12.4 Å². The van der Waals surface area contributed by atoms with Crippen LogP contribution in [0.25, 0.3) is 0 Å². The summed E-state index contributed by atoms with van der Waals surface area (Å²) in [6.45, 7) is -0.613. The molecule has 0 aliphatic rings. The molecular weight excluding hydrogens is 400 g/mol. The second kappa shape index (κ2) is 7.59. The van der Waals surface area contributed by atoms with E-state index in [0.717, 1.165) is 0 Å². The minimum Gasteiger partial charge on any atom is -0.345 e. The quantitative estimate of drug-likeness (QED) is 0.571. The SMILES string of the molecule is O=C(CNC(=O)c1cc(C(F)(F)F)cc(C(F)(F)F)c1)c1ccc(Cl)cc1. The number of rotatable bonds is 4. The molecule has 1 amide bonds. The number of alkyl halides is 6. The van der Waals surface area contributed by atoms with Crippen molar-refractivity contribution >= 4 is 23.3 Å². The Bertz CT molecular complexity index is 827. The van der Waals surface area contributed by atoms with E-state index in [1.165, 1.54) is 24.3 Å². The third kappa shape index (κ3) is 5.46. The molecule has 2 aromatic carbocycles. The van der Waals surface area contributed by atoms with Crippen LogP contribution in [0.5, 0.6) is 0 Å². The second-order valence-electron chi connectivity index (χ2n) is 5.41. The van der Waals surface area contributed by atoms with Gasteiger partial charge in [-0.15, -0.1) is 0 Å². The van der Waals surface area contributed by atoms with Crippen LogP contribution in [0.2, 0.25) is 5.02 Å². The summed E-state index contributed by atoms with van der Waals surface area (Å²) in [6.07, 6.45) is -10.1. The van der Waals surface area contributed by atoms with Gasteiger partial charge in [-0.2, -0.15) is 26.3 Å². The van der Waals surface area contributed by atoms with Gasteiger partial charge < -0.3 is 5.32 Å². The van der Waals surface area contributed by atoms with Gasteiger partial charge in [0.25, 0.3) is 5.91 Å². The first-order chi connectivity index (χ1) is 12.4. The van der Waals surface area contributed by atoms with Gasteiger partial charge in [0.05, 0.1) is 17.7 Å². The molecule has 0 bridgehead atoms. The van der Waals surface area contributed by atoms with Crippen LogP contribution in [0.1, 0.15) is 31.8 Å². The van der Waals surface area contributed by atoms with E-state index < -0.39 is 47.3 Å². The molecule has 144 valence electrons. The number of Topliss-reactive ketones (excluding diaryl/α,β-unsaturated/α-hetero) is 1. The van der Waals surface area contributed by atoms with E-state index in [1.807, 2.05) is 5.32 Å². The molecule has 0 fully saturated rings. The van der Waals surface area contributed by atoms with Crippen molar-refractivity contribution in [1.82, 2.24) is 5.32 Å². The Morgan fingerprint density at radius 2 is 1.30 bits per heavy atom. The summed E-state index contributed by atoms with van der Waals surface area (Å²) in [5, 5.41) is 2.37. The fourth-order valence-corrected chi connectivity index (χ4v) is 2.21. The predicted molar refractivity (Wildman–Crippen MR) is 84.6 cm³/mol. The Morgan fingerprint density at radius 3 is 1.74 bits per heavy atom. The zero-order valence-corrected chi connectivity index (χ0v) is 14.0. The molecule has 0 radical (unpaired) electrons. The molecule has 2 aromatic rings. The molecule has 0 aromatic heterocycles. The Kier molecular flexibility index (Phi) is 5.84. The molecule has 0 aliphatic carbocycles. The molecule has 2 rings (SSSR count). The molecule has 27 heavy (non-hydrogen) atoms. The van der Waals surface area contributed by atoms with E-state index in [9.17, 15) is 35.9 Å². The molecule has 3 nitrogen and oxygen atoms in total. The standard InChI is InChI=1S/C17H10ClF6NO2/c18-13-3-1-9(2-4-13)14(26)8-25-15(27)10-5-11(16(19,20)21)7-12(6-10)17(22,23)24/h1-7H,8H2,(H,25,27). The van der Waals surface area contributed by atoms with Crippen molar-refractivity contribution in [1.29, 1.82) is 0 Å². The molecule has 0 heterocycles. The summed E-state index contributed by atoms with van der Waals surface area (Å²) >= 11 is 5.66. The highest BCUT2D eigenvalue weighted by Gasteiger charge is 2.37. The van der Waals surface area contributed by atoms with Gasteiger partial charge in [0, 0.05) is 16.1 Å². The maximum absolute atomic E-state index is 12.8. The largest absolute Gasteiger partial charge is 0.416 e. The number of hydrogen-bond donors (Lipinski definition) is 1. The summed E-state index contributed by atoms with van der Waals surface area (Å²) in [5.74, 6) is -1.84. The third-order valence-corrected chi connectivity index (χ3v) is 3.68. The van der Waals surface area contributed by atoms with E-state index in [2.05, 4.69) is 0 Å². The van der Waals surface area contributed by atoms with Crippen molar-refractivity contribution in [3.05, 3.63) is 69.7 Å². The molecule has 0 atom stereocenters. The number of amides is 1. The molecular formula is C17H10ClF6NO2. The minimum atomic E-state index is -5.07. The van der Waals surface area contributed by atoms with Crippen LogP contribution in [-0.4, -0.2) is 18.2 Å². The van der Waals surface area contributed by atoms with Gasteiger partial charge in [-0.1, -0.05) is 11.6 Å². The normalized spacial score (nSPS) is 12.0. The van der Waals surface area contributed by atoms with Crippen molar-refractivity contribution in [3.63, 3.8) is 0 Å². The monoisotopic (exact) mass is 409 g/mol. The smallest absolute Gasteiger partial charge is 0.345 e. The van der Waals surface area contributed by atoms with Crippen LogP contribution in [0, 0.1) is 0 Å². The molecule has 0 unspecified atom stereocenters. The van der Waals surface area contributed by atoms with Gasteiger partial charge in [-0.25, -0.2) is 0 Å². The van der Waals surface area contributed by atoms with E-state index in [-0.39, 0.29) is 23.8 Å². The van der Waals surface area contributed by atoms with Crippen molar-refractivity contribution in [2.75, 3.05) is 6.54 Å². The second-order valence-corrected chi connectivity index (χ2v) is 5.84. The van der Waals surface area contributed by atoms with Gasteiger partial charge in [0.15, 0.2) is 5.78 Å². The topological polar surface area (TPSA) is 46.2 Å². The third-order valence-electron chi connectivity index (χ3n) is 3.43. The van der Waals surface area contributed by atoms with Gasteiger partial charge in [-0.05, 0) is 42.5 Å². The van der Waals surface area contributed by atoms with Crippen LogP contribution in [0.3, 0.4) is 0 Å². The number of carbonyl (C=O) groups is 2. The zero-order chi connectivity index (χ0) is 20.4. The maximum atomic E-state index is 12.8. The number of benzene rings is 2. The Balaban J connectivity index is 2.22. The number of carbonyl (C=O) groups excluding carboxylic acids is 2. The average molecular weight is 410 g/mol. The number of halogens is 7. The van der Waals surface area contributed by atoms with Gasteiger partial charge in [-0.3, -0.25) is 9.59 Å². The maximum Gasteiger partial charge on any atom is 0.416 e. The number of ketones is 1. The zero-order valence-electron chi connectivity index (χ0n) is 13.2. The summed E-state index contributed by atoms with van der Waals surface area (Å²) in [7, 11) is 0. The van der Waals surface area contributed by atoms with Crippen molar-refractivity contribution < 1.29 is 35.9 Å². The lowest BCUT2D eigenvalue weighted by molar-refractivity contribution is -0.143. The minimum absolute atomic E-state index is 0.0877. The fraction of sp³-hybridized carbons (Fsp3) is 0.176. The lowest BCUT2D eigenvalue weighted by atomic mass is 10.0. The van der Waals surface area contributed by atoms with Gasteiger partial charge >= 0.3 is 12.4 Å². The molecule has 0 spiro atoms. The Hall–Kier alpha value is -2.55. The lowest BCUT2D eigenvalue weighted by Crippen LogP contribution is -2.30. The lowest BCUT2D eigenvalue weighted by Gasteiger charge is -2.14. The van der Waals surface area contributed by atoms with Crippen LogP contribution in [0.15, 0.2) is 42.5 Å². The van der Waals surface area contributed by atoms with Crippen LogP contribution in [0.4, 0.5) is 26.3 Å². The first kappa shape index (κ1) is 20.8. The molecule has 10 heteroatoms. The Morgan fingerprint density at radius 1 is 0.815 bits per heavy atom. The number of nitrogens with one attached hydrogen (secondary N) is 1. The first-order valence-electron chi connectivity index (χ1n) is 7.24. The van der Waals surface area contributed by atoms with Crippen LogP contribution < -0.4 is 5.32 Å². The first-order valence-corrected chi connectivity index (χ1v) is 7.62. The Labute approximate surface area is 153 Å². The van der Waals surface area contributed by atoms with E-state index >= 15 is 0 Å². The highest BCUT2D eigenvalue weighted by Crippen LogP contribution is 2.36. The van der Waals surface area contributed by atoms with Gasteiger partial charge in [0.2, 0.25) is 0 Å². The molecule has 0 aliphatic heterocycles. The molecule has 1 N–H and O–H groups in total. The van der Waals surface area contributed by atoms with Crippen LogP contribution >= 0.6 is 11.6 Å². The summed E-state index contributed by atoms with van der Waals surface area (Å²) in [4.78, 5) is 23.9. The average Bonchev–Trinajstić information content (AvgIpc) is 2.58. The highest BCUT2D eigenvalue weighted by molar-refractivity contribution is 6.30.